The second-order valence-corrected chi connectivity index (χ2v) is 4.57. The number of rotatable bonds is 7. The fourth-order valence-electron chi connectivity index (χ4n) is 2.44. The number of benzene rings is 1. The van der Waals surface area contributed by atoms with Crippen molar-refractivity contribution < 1.29 is 9.84 Å². The second kappa shape index (κ2) is 7.33. The van der Waals surface area contributed by atoms with Gasteiger partial charge in [-0.1, -0.05) is 38.8 Å². The van der Waals surface area contributed by atoms with E-state index < -0.39 is 0 Å². The highest BCUT2D eigenvalue weighted by Gasteiger charge is 2.18. The van der Waals surface area contributed by atoms with Crippen LogP contribution >= 0.6 is 0 Å². The van der Waals surface area contributed by atoms with Crippen LogP contribution < -0.4 is 4.74 Å². The molecule has 1 aromatic carbocycles. The molecule has 2 heteroatoms. The standard InChI is InChI=1S/C15H24O2/c1-4-13(5-2)14(11-16)9-12-7-6-8-15(10-12)17-3/h6-8,10,13-14,16H,4-5,9,11H2,1-3H3. The Morgan fingerprint density at radius 1 is 1.18 bits per heavy atom. The average Bonchev–Trinajstić information content (AvgIpc) is 2.39. The molecule has 2 nitrogen and oxygen atoms in total. The normalized spacial score (nSPS) is 12.8. The molecule has 1 N–H and O–H groups in total. The number of hydrogen-bond acceptors (Lipinski definition) is 2. The molecular formula is C15H24O2. The molecule has 0 aliphatic heterocycles. The van der Waals surface area contributed by atoms with Crippen molar-refractivity contribution in [2.45, 2.75) is 33.1 Å². The van der Waals surface area contributed by atoms with Gasteiger partial charge in [-0.05, 0) is 36.0 Å². The maximum Gasteiger partial charge on any atom is 0.119 e. The summed E-state index contributed by atoms with van der Waals surface area (Å²) in [6.07, 6.45) is 3.19. The number of ether oxygens (including phenoxy) is 1. The third-order valence-electron chi connectivity index (χ3n) is 3.58. The highest BCUT2D eigenvalue weighted by Crippen LogP contribution is 2.24. The molecule has 0 saturated carbocycles. The van der Waals surface area contributed by atoms with Crippen LogP contribution in [0.15, 0.2) is 24.3 Å². The van der Waals surface area contributed by atoms with E-state index in [1.807, 2.05) is 12.1 Å². The largest absolute Gasteiger partial charge is 0.497 e. The zero-order chi connectivity index (χ0) is 12.7. The monoisotopic (exact) mass is 236 g/mol. The Labute approximate surface area is 105 Å². The van der Waals surface area contributed by atoms with Gasteiger partial charge in [0.25, 0.3) is 0 Å². The van der Waals surface area contributed by atoms with Crippen LogP contribution in [0.5, 0.6) is 5.75 Å². The fourth-order valence-corrected chi connectivity index (χ4v) is 2.44. The maximum atomic E-state index is 9.52. The molecule has 0 bridgehead atoms. The fraction of sp³-hybridized carbons (Fsp3) is 0.600. The summed E-state index contributed by atoms with van der Waals surface area (Å²) in [6, 6.07) is 8.13. The molecule has 0 saturated heterocycles. The molecule has 17 heavy (non-hydrogen) atoms. The summed E-state index contributed by atoms with van der Waals surface area (Å²) in [6.45, 7) is 4.66. The molecule has 0 fully saturated rings. The van der Waals surface area contributed by atoms with Crippen molar-refractivity contribution in [3.63, 3.8) is 0 Å². The van der Waals surface area contributed by atoms with Gasteiger partial charge in [0.1, 0.15) is 5.75 Å². The Morgan fingerprint density at radius 3 is 2.41 bits per heavy atom. The summed E-state index contributed by atoms with van der Waals surface area (Å²) >= 11 is 0. The van der Waals surface area contributed by atoms with Crippen molar-refractivity contribution in [2.24, 2.45) is 11.8 Å². The smallest absolute Gasteiger partial charge is 0.119 e. The van der Waals surface area contributed by atoms with Gasteiger partial charge in [0, 0.05) is 6.61 Å². The molecule has 0 radical (unpaired) electrons. The van der Waals surface area contributed by atoms with Crippen molar-refractivity contribution in [1.29, 1.82) is 0 Å². The van der Waals surface area contributed by atoms with Crippen LogP contribution in [0.3, 0.4) is 0 Å². The summed E-state index contributed by atoms with van der Waals surface area (Å²) in [5.41, 5.74) is 1.25. The van der Waals surface area contributed by atoms with Crippen molar-refractivity contribution in [1.82, 2.24) is 0 Å². The molecular weight excluding hydrogens is 212 g/mol. The first-order valence-corrected chi connectivity index (χ1v) is 6.48. The quantitative estimate of drug-likeness (QED) is 0.787. The topological polar surface area (TPSA) is 29.5 Å². The maximum absolute atomic E-state index is 9.52. The van der Waals surface area contributed by atoms with Gasteiger partial charge >= 0.3 is 0 Å². The van der Waals surface area contributed by atoms with Gasteiger partial charge in [-0.25, -0.2) is 0 Å². The van der Waals surface area contributed by atoms with Crippen LogP contribution in [0.25, 0.3) is 0 Å². The van der Waals surface area contributed by atoms with Crippen LogP contribution in [0.2, 0.25) is 0 Å². The van der Waals surface area contributed by atoms with Gasteiger partial charge < -0.3 is 9.84 Å². The molecule has 0 aliphatic carbocycles. The van der Waals surface area contributed by atoms with Gasteiger partial charge in [-0.15, -0.1) is 0 Å². The Morgan fingerprint density at radius 2 is 1.88 bits per heavy atom. The first-order chi connectivity index (χ1) is 8.24. The molecule has 0 amide bonds. The summed E-state index contributed by atoms with van der Waals surface area (Å²) in [5.74, 6) is 1.85. The summed E-state index contributed by atoms with van der Waals surface area (Å²) in [5, 5.41) is 9.52. The lowest BCUT2D eigenvalue weighted by atomic mass is 9.84. The van der Waals surface area contributed by atoms with Crippen LogP contribution in [0.1, 0.15) is 32.3 Å². The van der Waals surface area contributed by atoms with Crippen LogP contribution in [-0.4, -0.2) is 18.8 Å². The SMILES string of the molecule is CCC(CC)C(CO)Cc1cccc(OC)c1. The molecule has 1 atom stereocenters. The van der Waals surface area contributed by atoms with Gasteiger partial charge in [0.05, 0.1) is 7.11 Å². The molecule has 0 spiro atoms. The number of hydrogen-bond donors (Lipinski definition) is 1. The van der Waals surface area contributed by atoms with E-state index in [0.717, 1.165) is 25.0 Å². The van der Waals surface area contributed by atoms with E-state index in [2.05, 4.69) is 26.0 Å². The lowest BCUT2D eigenvalue weighted by Crippen LogP contribution is -2.20. The van der Waals surface area contributed by atoms with E-state index in [1.54, 1.807) is 7.11 Å². The zero-order valence-corrected chi connectivity index (χ0v) is 11.1. The molecule has 96 valence electrons. The Balaban J connectivity index is 2.72. The molecule has 0 aliphatic rings. The lowest BCUT2D eigenvalue weighted by molar-refractivity contribution is 0.167. The minimum Gasteiger partial charge on any atom is -0.497 e. The Bertz CT molecular complexity index is 318. The van der Waals surface area contributed by atoms with E-state index in [-0.39, 0.29) is 6.61 Å². The second-order valence-electron chi connectivity index (χ2n) is 4.57. The van der Waals surface area contributed by atoms with Gasteiger partial charge in [-0.3, -0.25) is 0 Å². The molecule has 0 heterocycles. The van der Waals surface area contributed by atoms with E-state index in [0.29, 0.717) is 11.8 Å². The predicted octanol–water partition coefficient (Wildman–Crippen LogP) is 3.28. The molecule has 1 unspecified atom stereocenters. The average molecular weight is 236 g/mol. The van der Waals surface area contributed by atoms with Gasteiger partial charge in [-0.2, -0.15) is 0 Å². The zero-order valence-electron chi connectivity index (χ0n) is 11.1. The first kappa shape index (κ1) is 14.0. The van der Waals surface area contributed by atoms with E-state index in [1.165, 1.54) is 5.56 Å². The van der Waals surface area contributed by atoms with Crippen LogP contribution in [0.4, 0.5) is 0 Å². The summed E-state index contributed by atoms with van der Waals surface area (Å²) < 4.78 is 5.22. The third-order valence-corrected chi connectivity index (χ3v) is 3.58. The molecule has 1 rings (SSSR count). The van der Waals surface area contributed by atoms with Crippen molar-refractivity contribution in [3.05, 3.63) is 29.8 Å². The highest BCUT2D eigenvalue weighted by molar-refractivity contribution is 5.28. The highest BCUT2D eigenvalue weighted by atomic mass is 16.5. The van der Waals surface area contributed by atoms with E-state index in [9.17, 15) is 5.11 Å². The molecule has 1 aromatic rings. The van der Waals surface area contributed by atoms with Gasteiger partial charge in [0.15, 0.2) is 0 Å². The molecule has 0 aromatic heterocycles. The van der Waals surface area contributed by atoms with Crippen molar-refractivity contribution in [3.8, 4) is 5.75 Å². The Kier molecular flexibility index (Phi) is 6.06. The van der Waals surface area contributed by atoms with Crippen molar-refractivity contribution in [2.75, 3.05) is 13.7 Å². The summed E-state index contributed by atoms with van der Waals surface area (Å²) in [4.78, 5) is 0. The predicted molar refractivity (Wildman–Crippen MR) is 71.3 cm³/mol. The number of aliphatic hydroxyl groups is 1. The summed E-state index contributed by atoms with van der Waals surface area (Å²) in [7, 11) is 1.68. The van der Waals surface area contributed by atoms with Crippen molar-refractivity contribution >= 4 is 0 Å². The Hall–Kier alpha value is -1.02. The minimum atomic E-state index is 0.267. The van der Waals surface area contributed by atoms with Crippen LogP contribution in [-0.2, 0) is 6.42 Å². The van der Waals surface area contributed by atoms with Crippen LogP contribution in [0, 0.1) is 11.8 Å². The minimum absolute atomic E-state index is 0.267. The van der Waals surface area contributed by atoms with E-state index in [4.69, 9.17) is 4.74 Å². The lowest BCUT2D eigenvalue weighted by Gasteiger charge is -2.23. The first-order valence-electron chi connectivity index (χ1n) is 6.48. The number of aliphatic hydroxyl groups excluding tert-OH is 1. The van der Waals surface area contributed by atoms with E-state index >= 15 is 0 Å². The third kappa shape index (κ3) is 4.04. The number of methoxy groups -OCH3 is 1. The van der Waals surface area contributed by atoms with Gasteiger partial charge in [0.2, 0.25) is 0 Å².